The summed E-state index contributed by atoms with van der Waals surface area (Å²) in [7, 11) is 0. The van der Waals surface area contributed by atoms with E-state index in [-0.39, 0.29) is 38.2 Å². The van der Waals surface area contributed by atoms with Crippen LogP contribution in [0.3, 0.4) is 0 Å². The second-order valence-corrected chi connectivity index (χ2v) is 7.33. The fourth-order valence-electron chi connectivity index (χ4n) is 2.71. The second-order valence-electron chi connectivity index (χ2n) is 6.46. The van der Waals surface area contributed by atoms with Crippen LogP contribution in [-0.2, 0) is 4.79 Å². The number of carbonyl (C=O) groups is 2. The van der Waals surface area contributed by atoms with Gasteiger partial charge in [0.2, 0.25) is 0 Å². The minimum Gasteiger partial charge on any atom is -0.321 e. The largest absolute Gasteiger partial charge is 0.321 e. The predicted octanol–water partition coefficient (Wildman–Crippen LogP) is 5.45. The Hall–Kier alpha value is -3.75. The fourth-order valence-corrected chi connectivity index (χ4v) is 3.24. The first-order chi connectivity index (χ1) is 15.2. The number of rotatable bonds is 6. The molecule has 32 heavy (non-hydrogen) atoms. The fraction of sp³-hybridized carbons (Fsp3) is 0. The molecule has 0 bridgehead atoms. The number of amides is 2. The molecule has 7 nitrogen and oxygen atoms in total. The highest BCUT2D eigenvalue weighted by atomic mass is 35.5. The SMILES string of the molecule is O=C(Nc1cc(Cl)cc(Cl)c1)C(=Cc1cccc([N+](=O)[O-])c1)NC(=O)c1ccccc1F. The van der Waals surface area contributed by atoms with Crippen molar-refractivity contribution in [1.82, 2.24) is 5.32 Å². The zero-order valence-electron chi connectivity index (χ0n) is 16.1. The van der Waals surface area contributed by atoms with Crippen LogP contribution in [0.2, 0.25) is 10.0 Å². The Morgan fingerprint density at radius 2 is 1.66 bits per heavy atom. The molecule has 2 amide bonds. The number of nitro groups is 1. The van der Waals surface area contributed by atoms with E-state index in [2.05, 4.69) is 10.6 Å². The van der Waals surface area contributed by atoms with Gasteiger partial charge in [-0.25, -0.2) is 4.39 Å². The molecule has 0 aliphatic rings. The average molecular weight is 474 g/mol. The Balaban J connectivity index is 1.97. The van der Waals surface area contributed by atoms with E-state index in [1.54, 1.807) is 0 Å². The molecular formula is C22H14Cl2FN3O4. The minimum absolute atomic E-state index is 0.208. The molecule has 10 heteroatoms. The normalized spacial score (nSPS) is 11.0. The van der Waals surface area contributed by atoms with Gasteiger partial charge in [0.05, 0.1) is 10.5 Å². The number of nitro benzene ring substituents is 1. The monoisotopic (exact) mass is 473 g/mol. The van der Waals surface area contributed by atoms with Crippen molar-refractivity contribution in [2.45, 2.75) is 0 Å². The van der Waals surface area contributed by atoms with E-state index in [4.69, 9.17) is 23.2 Å². The maximum Gasteiger partial charge on any atom is 0.272 e. The highest BCUT2D eigenvalue weighted by Gasteiger charge is 2.18. The highest BCUT2D eigenvalue weighted by Crippen LogP contribution is 2.23. The van der Waals surface area contributed by atoms with Crippen molar-refractivity contribution in [2.24, 2.45) is 0 Å². The summed E-state index contributed by atoms with van der Waals surface area (Å²) in [5.41, 5.74) is -0.258. The molecule has 0 saturated heterocycles. The van der Waals surface area contributed by atoms with Gasteiger partial charge in [-0.3, -0.25) is 19.7 Å². The molecule has 0 aromatic heterocycles. The summed E-state index contributed by atoms with van der Waals surface area (Å²) in [6.07, 6.45) is 1.23. The Morgan fingerprint density at radius 1 is 0.969 bits per heavy atom. The number of benzene rings is 3. The Kier molecular flexibility index (Phi) is 7.19. The number of anilines is 1. The number of hydrogen-bond acceptors (Lipinski definition) is 4. The number of nitrogens with one attached hydrogen (secondary N) is 2. The maximum absolute atomic E-state index is 14.0. The van der Waals surface area contributed by atoms with Gasteiger partial charge < -0.3 is 10.6 Å². The third-order valence-electron chi connectivity index (χ3n) is 4.12. The van der Waals surface area contributed by atoms with Gasteiger partial charge in [-0.05, 0) is 42.0 Å². The second kappa shape index (κ2) is 10.0. The van der Waals surface area contributed by atoms with Crippen molar-refractivity contribution in [1.29, 1.82) is 0 Å². The molecule has 3 aromatic carbocycles. The predicted molar refractivity (Wildman–Crippen MR) is 120 cm³/mol. The number of nitrogens with zero attached hydrogens (tertiary/aromatic N) is 1. The standard InChI is InChI=1S/C22H14Cl2FN3O4/c23-14-10-15(24)12-16(11-14)26-22(30)20(9-13-4-3-5-17(8-13)28(31)32)27-21(29)18-6-1-2-7-19(18)25/h1-12H,(H,26,30)(H,27,29). The first kappa shape index (κ1) is 22.9. The van der Waals surface area contributed by atoms with E-state index >= 15 is 0 Å². The van der Waals surface area contributed by atoms with Crippen LogP contribution >= 0.6 is 23.2 Å². The van der Waals surface area contributed by atoms with Crippen molar-refractivity contribution in [2.75, 3.05) is 5.32 Å². The summed E-state index contributed by atoms with van der Waals surface area (Å²) in [6.45, 7) is 0. The zero-order valence-corrected chi connectivity index (χ0v) is 17.7. The molecule has 0 radical (unpaired) electrons. The van der Waals surface area contributed by atoms with Crippen LogP contribution in [0, 0.1) is 15.9 Å². The molecule has 0 aliphatic carbocycles. The van der Waals surface area contributed by atoms with Crippen molar-refractivity contribution in [3.05, 3.63) is 110 Å². The lowest BCUT2D eigenvalue weighted by molar-refractivity contribution is -0.384. The van der Waals surface area contributed by atoms with E-state index in [9.17, 15) is 24.1 Å². The summed E-state index contributed by atoms with van der Waals surface area (Å²) in [6, 6.07) is 15.0. The van der Waals surface area contributed by atoms with Gasteiger partial charge in [-0.15, -0.1) is 0 Å². The Labute approximate surface area is 191 Å². The number of halogens is 3. The van der Waals surface area contributed by atoms with Crippen molar-refractivity contribution >= 4 is 52.5 Å². The van der Waals surface area contributed by atoms with E-state index in [1.807, 2.05) is 0 Å². The van der Waals surface area contributed by atoms with Crippen LogP contribution in [0.5, 0.6) is 0 Å². The highest BCUT2D eigenvalue weighted by molar-refractivity contribution is 6.35. The topological polar surface area (TPSA) is 101 Å². The minimum atomic E-state index is -0.876. The summed E-state index contributed by atoms with van der Waals surface area (Å²) in [4.78, 5) is 35.9. The van der Waals surface area contributed by atoms with Crippen molar-refractivity contribution in [3.63, 3.8) is 0 Å². The number of non-ortho nitro benzene ring substituents is 1. The molecule has 2 N–H and O–H groups in total. The Morgan fingerprint density at radius 3 is 2.31 bits per heavy atom. The molecule has 0 heterocycles. The molecule has 0 atom stereocenters. The van der Waals surface area contributed by atoms with Crippen molar-refractivity contribution in [3.8, 4) is 0 Å². The molecule has 3 rings (SSSR count). The van der Waals surface area contributed by atoms with Crippen molar-refractivity contribution < 1.29 is 18.9 Å². The van der Waals surface area contributed by atoms with Crippen LogP contribution in [-0.4, -0.2) is 16.7 Å². The molecule has 0 spiro atoms. The average Bonchev–Trinajstić information content (AvgIpc) is 2.73. The van der Waals surface area contributed by atoms with Gasteiger partial charge in [0.25, 0.3) is 17.5 Å². The van der Waals surface area contributed by atoms with Gasteiger partial charge >= 0.3 is 0 Å². The molecule has 0 aliphatic heterocycles. The Bertz CT molecular complexity index is 1230. The third-order valence-corrected chi connectivity index (χ3v) is 4.56. The van der Waals surface area contributed by atoms with Gasteiger partial charge in [0, 0.05) is 27.9 Å². The lowest BCUT2D eigenvalue weighted by atomic mass is 10.1. The molecule has 162 valence electrons. The molecule has 0 unspecified atom stereocenters. The first-order valence-corrected chi connectivity index (χ1v) is 9.78. The van der Waals surface area contributed by atoms with Gasteiger partial charge in [0.1, 0.15) is 11.5 Å². The van der Waals surface area contributed by atoms with E-state index in [0.717, 1.165) is 6.07 Å². The zero-order chi connectivity index (χ0) is 23.3. The number of carbonyl (C=O) groups excluding carboxylic acids is 2. The quantitative estimate of drug-likeness (QED) is 0.282. The number of hydrogen-bond donors (Lipinski definition) is 2. The first-order valence-electron chi connectivity index (χ1n) is 9.02. The molecular weight excluding hydrogens is 460 g/mol. The van der Waals surface area contributed by atoms with E-state index in [0.29, 0.717) is 0 Å². The summed E-state index contributed by atoms with van der Waals surface area (Å²) in [5.74, 6) is -2.43. The van der Waals surface area contributed by atoms with Crippen LogP contribution in [0.15, 0.2) is 72.4 Å². The molecule has 0 saturated carbocycles. The van der Waals surface area contributed by atoms with E-state index < -0.39 is 22.6 Å². The van der Waals surface area contributed by atoms with Gasteiger partial charge in [0.15, 0.2) is 0 Å². The van der Waals surface area contributed by atoms with Crippen LogP contribution in [0.4, 0.5) is 15.8 Å². The van der Waals surface area contributed by atoms with Gasteiger partial charge in [-0.2, -0.15) is 0 Å². The van der Waals surface area contributed by atoms with Crippen LogP contribution in [0.1, 0.15) is 15.9 Å². The lowest BCUT2D eigenvalue weighted by Gasteiger charge is -2.12. The summed E-state index contributed by atoms with van der Waals surface area (Å²) >= 11 is 11.9. The third kappa shape index (κ3) is 5.90. The van der Waals surface area contributed by atoms with Crippen LogP contribution in [0.25, 0.3) is 6.08 Å². The smallest absolute Gasteiger partial charge is 0.272 e. The summed E-state index contributed by atoms with van der Waals surface area (Å²) in [5, 5.41) is 16.5. The lowest BCUT2D eigenvalue weighted by Crippen LogP contribution is -2.31. The maximum atomic E-state index is 14.0. The molecule has 3 aromatic rings. The van der Waals surface area contributed by atoms with E-state index in [1.165, 1.54) is 66.7 Å². The summed E-state index contributed by atoms with van der Waals surface area (Å²) < 4.78 is 14.0. The molecule has 0 fully saturated rings. The van der Waals surface area contributed by atoms with Crippen LogP contribution < -0.4 is 10.6 Å². The van der Waals surface area contributed by atoms with Gasteiger partial charge in [-0.1, -0.05) is 47.5 Å².